The molecule has 0 bridgehead atoms. The molecule has 1 aliphatic rings. The first kappa shape index (κ1) is 14.4. The van der Waals surface area contributed by atoms with Crippen molar-refractivity contribution in [3.8, 4) is 5.75 Å². The number of benzene rings is 2. The molecule has 0 spiro atoms. The largest absolute Gasteiger partial charge is 0.490 e. The van der Waals surface area contributed by atoms with Crippen LogP contribution in [0.3, 0.4) is 0 Å². The predicted molar refractivity (Wildman–Crippen MR) is 88.5 cm³/mol. The molecule has 2 aromatic rings. The van der Waals surface area contributed by atoms with Crippen LogP contribution in [0, 0.1) is 5.92 Å². The summed E-state index contributed by atoms with van der Waals surface area (Å²) in [7, 11) is 0. The predicted octanol–water partition coefficient (Wildman–Crippen LogP) is 4.65. The van der Waals surface area contributed by atoms with Gasteiger partial charge in [-0.1, -0.05) is 43.7 Å². The molecule has 2 N–H and O–H groups in total. The zero-order chi connectivity index (χ0) is 14.7. The standard InChI is InChI=1S/C19H25NO/c1-2-14-7-10-16(11-8-14)21-19-12-9-15-5-3-4-6-17(15)18(19)13-20/h3-6,9,12,14,16H,2,7-8,10-11,13,20H2,1H3. The number of nitrogens with two attached hydrogens (primary N) is 1. The first-order valence-electron chi connectivity index (χ1n) is 8.19. The molecule has 0 amide bonds. The van der Waals surface area contributed by atoms with Gasteiger partial charge in [0, 0.05) is 12.1 Å². The normalized spacial score (nSPS) is 22.4. The van der Waals surface area contributed by atoms with Crippen LogP contribution >= 0.6 is 0 Å². The van der Waals surface area contributed by atoms with Crippen molar-refractivity contribution in [2.24, 2.45) is 11.7 Å². The van der Waals surface area contributed by atoms with Crippen molar-refractivity contribution in [3.63, 3.8) is 0 Å². The van der Waals surface area contributed by atoms with Crippen molar-refractivity contribution in [2.45, 2.75) is 51.7 Å². The average molecular weight is 283 g/mol. The highest BCUT2D eigenvalue weighted by Crippen LogP contribution is 2.33. The van der Waals surface area contributed by atoms with E-state index in [9.17, 15) is 0 Å². The third kappa shape index (κ3) is 3.06. The Balaban J connectivity index is 1.81. The Morgan fingerprint density at radius 1 is 1.05 bits per heavy atom. The molecule has 0 saturated heterocycles. The van der Waals surface area contributed by atoms with Gasteiger partial charge in [0.1, 0.15) is 5.75 Å². The molecule has 2 nitrogen and oxygen atoms in total. The maximum atomic E-state index is 6.30. The van der Waals surface area contributed by atoms with Gasteiger partial charge in [-0.3, -0.25) is 0 Å². The smallest absolute Gasteiger partial charge is 0.124 e. The van der Waals surface area contributed by atoms with Crippen molar-refractivity contribution >= 4 is 10.8 Å². The Bertz CT molecular complexity index is 600. The summed E-state index contributed by atoms with van der Waals surface area (Å²) >= 11 is 0. The molecule has 1 fully saturated rings. The second-order valence-corrected chi connectivity index (χ2v) is 6.14. The highest BCUT2D eigenvalue weighted by atomic mass is 16.5. The zero-order valence-electron chi connectivity index (χ0n) is 12.8. The van der Waals surface area contributed by atoms with Crippen LogP contribution in [0.5, 0.6) is 5.75 Å². The minimum Gasteiger partial charge on any atom is -0.490 e. The summed E-state index contributed by atoms with van der Waals surface area (Å²) in [5.74, 6) is 1.88. The lowest BCUT2D eigenvalue weighted by molar-refractivity contribution is 0.129. The minimum absolute atomic E-state index is 0.360. The van der Waals surface area contributed by atoms with E-state index in [1.165, 1.54) is 42.9 Å². The van der Waals surface area contributed by atoms with Gasteiger partial charge in [0.2, 0.25) is 0 Å². The molecule has 0 radical (unpaired) electrons. The lowest BCUT2D eigenvalue weighted by atomic mass is 9.86. The third-order valence-electron chi connectivity index (χ3n) is 4.87. The Labute approximate surface area is 127 Å². The van der Waals surface area contributed by atoms with Crippen LogP contribution in [0.25, 0.3) is 10.8 Å². The highest BCUT2D eigenvalue weighted by molar-refractivity contribution is 5.87. The Morgan fingerprint density at radius 2 is 1.81 bits per heavy atom. The molecule has 2 heteroatoms. The summed E-state index contributed by atoms with van der Waals surface area (Å²) in [4.78, 5) is 0. The molecule has 2 aromatic carbocycles. The van der Waals surface area contributed by atoms with Gasteiger partial charge in [-0.15, -0.1) is 0 Å². The van der Waals surface area contributed by atoms with Gasteiger partial charge in [0.15, 0.2) is 0 Å². The van der Waals surface area contributed by atoms with Crippen molar-refractivity contribution in [3.05, 3.63) is 42.0 Å². The molecule has 0 heterocycles. The van der Waals surface area contributed by atoms with E-state index in [0.29, 0.717) is 12.6 Å². The monoisotopic (exact) mass is 283 g/mol. The Kier molecular flexibility index (Phi) is 4.45. The summed E-state index contributed by atoms with van der Waals surface area (Å²) in [6.07, 6.45) is 6.61. The molecule has 0 atom stereocenters. The lowest BCUT2D eigenvalue weighted by Gasteiger charge is -2.29. The van der Waals surface area contributed by atoms with Gasteiger partial charge in [-0.05, 0) is 48.4 Å². The Morgan fingerprint density at radius 3 is 2.52 bits per heavy atom. The maximum absolute atomic E-state index is 6.30. The number of fused-ring (bicyclic) bond motifs is 1. The summed E-state index contributed by atoms with van der Waals surface area (Å²) in [5.41, 5.74) is 7.13. The number of ether oxygens (including phenoxy) is 1. The van der Waals surface area contributed by atoms with E-state index in [4.69, 9.17) is 10.5 Å². The summed E-state index contributed by atoms with van der Waals surface area (Å²) in [5, 5.41) is 2.46. The van der Waals surface area contributed by atoms with Gasteiger partial charge in [0.05, 0.1) is 6.10 Å². The summed E-state index contributed by atoms with van der Waals surface area (Å²) < 4.78 is 6.30. The van der Waals surface area contributed by atoms with Crippen LogP contribution in [0.1, 0.15) is 44.6 Å². The molecule has 21 heavy (non-hydrogen) atoms. The molecule has 0 unspecified atom stereocenters. The number of hydrogen-bond acceptors (Lipinski definition) is 2. The van der Waals surface area contributed by atoms with Crippen molar-refractivity contribution in [1.82, 2.24) is 0 Å². The average Bonchev–Trinajstić information content (AvgIpc) is 2.55. The van der Waals surface area contributed by atoms with Gasteiger partial charge in [-0.2, -0.15) is 0 Å². The molecular weight excluding hydrogens is 258 g/mol. The van der Waals surface area contributed by atoms with Crippen LogP contribution in [-0.4, -0.2) is 6.10 Å². The minimum atomic E-state index is 0.360. The van der Waals surface area contributed by atoms with Crippen molar-refractivity contribution in [2.75, 3.05) is 0 Å². The molecule has 0 aromatic heterocycles. The van der Waals surface area contributed by atoms with Crippen molar-refractivity contribution in [1.29, 1.82) is 0 Å². The van der Waals surface area contributed by atoms with Gasteiger partial charge >= 0.3 is 0 Å². The quantitative estimate of drug-likeness (QED) is 0.886. The fraction of sp³-hybridized carbons (Fsp3) is 0.474. The molecule has 112 valence electrons. The fourth-order valence-electron chi connectivity index (χ4n) is 3.47. The number of rotatable bonds is 4. The second kappa shape index (κ2) is 6.48. The second-order valence-electron chi connectivity index (χ2n) is 6.14. The van der Waals surface area contributed by atoms with Gasteiger partial charge in [-0.25, -0.2) is 0 Å². The van der Waals surface area contributed by atoms with Crippen LogP contribution in [0.15, 0.2) is 36.4 Å². The zero-order valence-corrected chi connectivity index (χ0v) is 12.8. The van der Waals surface area contributed by atoms with Crippen LogP contribution < -0.4 is 10.5 Å². The SMILES string of the molecule is CCC1CCC(Oc2ccc3ccccc3c2CN)CC1. The topological polar surface area (TPSA) is 35.2 Å². The van der Waals surface area contributed by atoms with E-state index in [-0.39, 0.29) is 0 Å². The van der Waals surface area contributed by atoms with E-state index >= 15 is 0 Å². The van der Waals surface area contributed by atoms with Crippen LogP contribution in [0.2, 0.25) is 0 Å². The van der Waals surface area contributed by atoms with E-state index < -0.39 is 0 Å². The summed E-state index contributed by atoms with van der Waals surface area (Å²) in [6, 6.07) is 12.6. The third-order valence-corrected chi connectivity index (χ3v) is 4.87. The number of hydrogen-bond donors (Lipinski definition) is 1. The van der Waals surface area contributed by atoms with Gasteiger partial charge < -0.3 is 10.5 Å². The first-order chi connectivity index (χ1) is 10.3. The maximum Gasteiger partial charge on any atom is 0.124 e. The fourth-order valence-corrected chi connectivity index (χ4v) is 3.47. The molecular formula is C19H25NO. The highest BCUT2D eigenvalue weighted by Gasteiger charge is 2.22. The van der Waals surface area contributed by atoms with Gasteiger partial charge in [0.25, 0.3) is 0 Å². The molecule has 1 aliphatic carbocycles. The van der Waals surface area contributed by atoms with Crippen molar-refractivity contribution < 1.29 is 4.74 Å². The molecule has 3 rings (SSSR count). The first-order valence-corrected chi connectivity index (χ1v) is 8.19. The van der Waals surface area contributed by atoms with Crippen LogP contribution in [-0.2, 0) is 6.54 Å². The molecule has 1 saturated carbocycles. The van der Waals surface area contributed by atoms with Crippen LogP contribution in [0.4, 0.5) is 0 Å². The lowest BCUT2D eigenvalue weighted by Crippen LogP contribution is -2.24. The Hall–Kier alpha value is -1.54. The summed E-state index contributed by atoms with van der Waals surface area (Å²) in [6.45, 7) is 2.82. The molecule has 0 aliphatic heterocycles. The van der Waals surface area contributed by atoms with E-state index in [1.807, 2.05) is 0 Å². The van der Waals surface area contributed by atoms with E-state index in [2.05, 4.69) is 43.3 Å². The van der Waals surface area contributed by atoms with E-state index in [1.54, 1.807) is 0 Å². The van der Waals surface area contributed by atoms with E-state index in [0.717, 1.165) is 17.2 Å².